The molecule has 15 heavy (non-hydrogen) atoms. The molecule has 0 atom stereocenters. The number of carbonyl (C=O) groups excluding carboxylic acids is 1. The van der Waals surface area contributed by atoms with Crippen molar-refractivity contribution in [3.8, 4) is 0 Å². The molecule has 0 aromatic heterocycles. The van der Waals surface area contributed by atoms with Crippen LogP contribution in [0.2, 0.25) is 0 Å². The first kappa shape index (κ1) is 12.5. The molecule has 0 bridgehead atoms. The molecule has 0 unspecified atom stereocenters. The largest absolute Gasteiger partial charge is 0.355 e. The van der Waals surface area contributed by atoms with Crippen LogP contribution >= 0.6 is 0 Å². The van der Waals surface area contributed by atoms with Crippen LogP contribution in [-0.4, -0.2) is 43.5 Å². The summed E-state index contributed by atoms with van der Waals surface area (Å²) in [5.74, 6) is 0.160. The molecule has 0 aromatic carbocycles. The van der Waals surface area contributed by atoms with Crippen LogP contribution in [-0.2, 0) is 4.79 Å². The Morgan fingerprint density at radius 3 is 2.80 bits per heavy atom. The summed E-state index contributed by atoms with van der Waals surface area (Å²) in [7, 11) is 2.12. The summed E-state index contributed by atoms with van der Waals surface area (Å²) < 4.78 is 0. The molecule has 0 radical (unpaired) electrons. The number of unbranched alkanes of at least 4 members (excludes halogenated alkanes) is 1. The van der Waals surface area contributed by atoms with E-state index >= 15 is 0 Å². The third-order valence-electron chi connectivity index (χ3n) is 2.81. The minimum atomic E-state index is 0.160. The Morgan fingerprint density at radius 1 is 1.47 bits per heavy atom. The first-order chi connectivity index (χ1) is 7.24. The predicted octanol–water partition coefficient (Wildman–Crippen LogP) is 0.326. The first-order valence-electron chi connectivity index (χ1n) is 5.91. The minimum absolute atomic E-state index is 0.160. The molecular formula is C11H23N3O. The number of rotatable bonds is 8. The first-order valence-corrected chi connectivity index (χ1v) is 5.91. The van der Waals surface area contributed by atoms with E-state index in [1.54, 1.807) is 0 Å². The third-order valence-corrected chi connectivity index (χ3v) is 2.81. The van der Waals surface area contributed by atoms with Crippen LogP contribution in [0.4, 0.5) is 0 Å². The van der Waals surface area contributed by atoms with Gasteiger partial charge in [-0.2, -0.15) is 0 Å². The Bertz CT molecular complexity index is 192. The van der Waals surface area contributed by atoms with Crippen molar-refractivity contribution < 1.29 is 4.79 Å². The molecule has 1 aliphatic rings. The van der Waals surface area contributed by atoms with E-state index in [1.807, 2.05) is 0 Å². The van der Waals surface area contributed by atoms with Crippen molar-refractivity contribution in [2.24, 2.45) is 5.73 Å². The highest BCUT2D eigenvalue weighted by Gasteiger charge is 2.25. The summed E-state index contributed by atoms with van der Waals surface area (Å²) in [6.45, 7) is 2.42. The smallest absolute Gasteiger partial charge is 0.220 e. The average Bonchev–Trinajstić information content (AvgIpc) is 3.01. The second-order valence-electron chi connectivity index (χ2n) is 4.31. The van der Waals surface area contributed by atoms with Gasteiger partial charge in [-0.15, -0.1) is 0 Å². The molecule has 0 saturated heterocycles. The zero-order valence-corrected chi connectivity index (χ0v) is 9.67. The lowest BCUT2D eigenvalue weighted by Gasteiger charge is -2.15. The molecule has 1 fully saturated rings. The van der Waals surface area contributed by atoms with Gasteiger partial charge in [0.05, 0.1) is 0 Å². The molecule has 0 aliphatic heterocycles. The summed E-state index contributed by atoms with van der Waals surface area (Å²) in [6.07, 6.45) is 5.10. The van der Waals surface area contributed by atoms with E-state index in [0.29, 0.717) is 13.0 Å². The minimum Gasteiger partial charge on any atom is -0.355 e. The maximum absolute atomic E-state index is 11.3. The highest BCUT2D eigenvalue weighted by Crippen LogP contribution is 2.24. The molecule has 1 amide bonds. The maximum atomic E-state index is 11.3. The molecule has 3 N–H and O–H groups in total. The van der Waals surface area contributed by atoms with Gasteiger partial charge in [-0.25, -0.2) is 0 Å². The molecule has 1 saturated carbocycles. The van der Waals surface area contributed by atoms with Gasteiger partial charge in [-0.3, -0.25) is 4.79 Å². The van der Waals surface area contributed by atoms with Gasteiger partial charge in [0.2, 0.25) is 5.91 Å². The lowest BCUT2D eigenvalue weighted by Crippen LogP contribution is -2.33. The van der Waals surface area contributed by atoms with Crippen molar-refractivity contribution in [1.82, 2.24) is 10.2 Å². The topological polar surface area (TPSA) is 58.4 Å². The predicted molar refractivity (Wildman–Crippen MR) is 61.6 cm³/mol. The second-order valence-corrected chi connectivity index (χ2v) is 4.31. The standard InChI is InChI=1S/C11H23N3O/c1-14(10-5-6-10)9-8-13-11(15)4-2-3-7-12/h10H,2-9,12H2,1H3,(H,13,15). The van der Waals surface area contributed by atoms with E-state index in [-0.39, 0.29) is 5.91 Å². The van der Waals surface area contributed by atoms with Gasteiger partial charge in [0.1, 0.15) is 0 Å². The average molecular weight is 213 g/mol. The van der Waals surface area contributed by atoms with Crippen molar-refractivity contribution in [3.05, 3.63) is 0 Å². The van der Waals surface area contributed by atoms with Crippen LogP contribution in [0.25, 0.3) is 0 Å². The Kier molecular flexibility index (Phi) is 5.65. The summed E-state index contributed by atoms with van der Waals surface area (Å²) in [5.41, 5.74) is 5.36. The third kappa shape index (κ3) is 5.74. The van der Waals surface area contributed by atoms with Crippen molar-refractivity contribution >= 4 is 5.91 Å². The van der Waals surface area contributed by atoms with Crippen molar-refractivity contribution in [2.45, 2.75) is 38.1 Å². The van der Waals surface area contributed by atoms with Gasteiger partial charge in [0.15, 0.2) is 0 Å². The quantitative estimate of drug-likeness (QED) is 0.571. The van der Waals surface area contributed by atoms with Crippen LogP contribution in [0, 0.1) is 0 Å². The molecule has 4 heteroatoms. The molecule has 1 rings (SSSR count). The van der Waals surface area contributed by atoms with Gasteiger partial charge < -0.3 is 16.0 Å². The van der Waals surface area contributed by atoms with Crippen LogP contribution < -0.4 is 11.1 Å². The van der Waals surface area contributed by atoms with Crippen LogP contribution in [0.1, 0.15) is 32.1 Å². The van der Waals surface area contributed by atoms with E-state index in [1.165, 1.54) is 12.8 Å². The molecule has 0 aromatic rings. The summed E-state index contributed by atoms with van der Waals surface area (Å²) in [6, 6.07) is 0.777. The summed E-state index contributed by atoms with van der Waals surface area (Å²) in [5, 5.41) is 2.93. The van der Waals surface area contributed by atoms with E-state index in [4.69, 9.17) is 5.73 Å². The number of likely N-dealkylation sites (N-methyl/N-ethyl adjacent to an activating group) is 1. The second kappa shape index (κ2) is 6.80. The maximum Gasteiger partial charge on any atom is 0.220 e. The SMILES string of the molecule is CN(CCNC(=O)CCCCN)C1CC1. The molecule has 0 heterocycles. The Labute approximate surface area is 92.2 Å². The number of nitrogens with two attached hydrogens (primary N) is 1. The Balaban J connectivity index is 1.91. The van der Waals surface area contributed by atoms with E-state index < -0.39 is 0 Å². The Morgan fingerprint density at radius 2 is 2.20 bits per heavy atom. The van der Waals surface area contributed by atoms with Crippen molar-refractivity contribution in [2.75, 3.05) is 26.7 Å². The normalized spacial score (nSPS) is 15.7. The van der Waals surface area contributed by atoms with E-state index in [9.17, 15) is 4.79 Å². The molecule has 88 valence electrons. The fourth-order valence-electron chi connectivity index (χ4n) is 1.59. The highest BCUT2D eigenvalue weighted by atomic mass is 16.1. The van der Waals surface area contributed by atoms with Gasteiger partial charge in [0.25, 0.3) is 0 Å². The lowest BCUT2D eigenvalue weighted by atomic mass is 10.2. The number of amides is 1. The number of hydrogen-bond acceptors (Lipinski definition) is 3. The van der Waals surface area contributed by atoms with Crippen LogP contribution in [0.5, 0.6) is 0 Å². The van der Waals surface area contributed by atoms with Crippen molar-refractivity contribution in [1.29, 1.82) is 0 Å². The summed E-state index contributed by atoms with van der Waals surface area (Å²) in [4.78, 5) is 13.6. The van der Waals surface area contributed by atoms with E-state index in [2.05, 4.69) is 17.3 Å². The van der Waals surface area contributed by atoms with Gasteiger partial charge in [0, 0.05) is 25.6 Å². The van der Waals surface area contributed by atoms with E-state index in [0.717, 1.165) is 32.0 Å². The van der Waals surface area contributed by atoms with Gasteiger partial charge >= 0.3 is 0 Å². The number of hydrogen-bond donors (Lipinski definition) is 2. The lowest BCUT2D eigenvalue weighted by molar-refractivity contribution is -0.121. The molecular weight excluding hydrogens is 190 g/mol. The number of carbonyl (C=O) groups is 1. The monoisotopic (exact) mass is 213 g/mol. The highest BCUT2D eigenvalue weighted by molar-refractivity contribution is 5.75. The van der Waals surface area contributed by atoms with Gasteiger partial charge in [-0.05, 0) is 39.3 Å². The number of nitrogens with zero attached hydrogens (tertiary/aromatic N) is 1. The zero-order chi connectivity index (χ0) is 11.1. The Hall–Kier alpha value is -0.610. The van der Waals surface area contributed by atoms with Crippen LogP contribution in [0.15, 0.2) is 0 Å². The van der Waals surface area contributed by atoms with Crippen LogP contribution in [0.3, 0.4) is 0 Å². The fourth-order valence-corrected chi connectivity index (χ4v) is 1.59. The number of nitrogens with one attached hydrogen (secondary N) is 1. The van der Waals surface area contributed by atoms with Crippen molar-refractivity contribution in [3.63, 3.8) is 0 Å². The molecule has 1 aliphatic carbocycles. The fraction of sp³-hybridized carbons (Fsp3) is 0.909. The molecule has 4 nitrogen and oxygen atoms in total. The van der Waals surface area contributed by atoms with Gasteiger partial charge in [-0.1, -0.05) is 0 Å². The zero-order valence-electron chi connectivity index (χ0n) is 9.67. The molecule has 0 spiro atoms. The summed E-state index contributed by atoms with van der Waals surface area (Å²) >= 11 is 0.